The molecule has 0 heterocycles. The van der Waals surface area contributed by atoms with E-state index in [-0.39, 0.29) is 0 Å². The van der Waals surface area contributed by atoms with Gasteiger partial charge in [-0.25, -0.2) is 0 Å². The number of rotatable bonds is 4. The lowest BCUT2D eigenvalue weighted by molar-refractivity contribution is 0.133. The minimum atomic E-state index is 0.405. The van der Waals surface area contributed by atoms with Crippen molar-refractivity contribution in [2.75, 3.05) is 14.2 Å². The summed E-state index contributed by atoms with van der Waals surface area (Å²) in [4.78, 5) is 0. The third-order valence-corrected chi connectivity index (χ3v) is 5.25. The zero-order chi connectivity index (χ0) is 15.5. The van der Waals surface area contributed by atoms with Crippen molar-refractivity contribution in [3.8, 4) is 5.75 Å². The van der Waals surface area contributed by atoms with E-state index in [4.69, 9.17) is 4.74 Å². The molecule has 1 aromatic rings. The van der Waals surface area contributed by atoms with Gasteiger partial charge in [-0.05, 0) is 56.0 Å². The molecule has 2 nitrogen and oxygen atoms in total. The van der Waals surface area contributed by atoms with Gasteiger partial charge in [0.05, 0.1) is 7.11 Å². The van der Waals surface area contributed by atoms with E-state index in [0.717, 1.165) is 11.7 Å². The third kappa shape index (κ3) is 3.79. The minimum Gasteiger partial charge on any atom is -0.496 e. The number of para-hydroxylation sites is 1. The second-order valence-corrected chi connectivity index (χ2v) is 7.49. The van der Waals surface area contributed by atoms with Gasteiger partial charge in [0.2, 0.25) is 0 Å². The van der Waals surface area contributed by atoms with Gasteiger partial charge >= 0.3 is 0 Å². The van der Waals surface area contributed by atoms with Crippen molar-refractivity contribution in [2.45, 2.75) is 52.5 Å². The SMILES string of the molecule is CNC(c1ccccc1OC)C1CCC(C(C)(C)C)CC1. The Morgan fingerprint density at radius 3 is 2.24 bits per heavy atom. The fourth-order valence-electron chi connectivity index (χ4n) is 3.89. The lowest BCUT2D eigenvalue weighted by Gasteiger charge is -2.39. The summed E-state index contributed by atoms with van der Waals surface area (Å²) < 4.78 is 5.55. The molecule has 21 heavy (non-hydrogen) atoms. The zero-order valence-electron chi connectivity index (χ0n) is 14.3. The van der Waals surface area contributed by atoms with Crippen LogP contribution in [0.4, 0.5) is 0 Å². The first kappa shape index (κ1) is 16.4. The van der Waals surface area contributed by atoms with Gasteiger partial charge in [-0.3, -0.25) is 0 Å². The summed E-state index contributed by atoms with van der Waals surface area (Å²) in [6, 6.07) is 8.84. The third-order valence-electron chi connectivity index (χ3n) is 5.25. The van der Waals surface area contributed by atoms with Gasteiger partial charge in [0, 0.05) is 11.6 Å². The van der Waals surface area contributed by atoms with Gasteiger partial charge in [-0.2, -0.15) is 0 Å². The molecule has 1 N–H and O–H groups in total. The maximum Gasteiger partial charge on any atom is 0.123 e. The van der Waals surface area contributed by atoms with Crippen LogP contribution in [0.3, 0.4) is 0 Å². The van der Waals surface area contributed by atoms with Crippen molar-refractivity contribution < 1.29 is 4.74 Å². The van der Waals surface area contributed by atoms with Crippen LogP contribution in [0.15, 0.2) is 24.3 Å². The topological polar surface area (TPSA) is 21.3 Å². The van der Waals surface area contributed by atoms with Crippen molar-refractivity contribution in [3.05, 3.63) is 29.8 Å². The maximum absolute atomic E-state index is 5.55. The van der Waals surface area contributed by atoms with Crippen molar-refractivity contribution in [2.24, 2.45) is 17.3 Å². The standard InChI is InChI=1S/C19H31NO/c1-19(2,3)15-12-10-14(11-13-15)18(20-4)16-8-6-7-9-17(16)21-5/h6-9,14-15,18,20H,10-13H2,1-5H3. The number of nitrogens with one attached hydrogen (secondary N) is 1. The molecule has 0 bridgehead atoms. The van der Waals surface area contributed by atoms with E-state index in [2.05, 4.69) is 51.3 Å². The van der Waals surface area contributed by atoms with Crippen LogP contribution in [0.1, 0.15) is 58.1 Å². The number of benzene rings is 1. The van der Waals surface area contributed by atoms with Gasteiger partial charge in [0.1, 0.15) is 5.75 Å². The summed E-state index contributed by atoms with van der Waals surface area (Å²) in [6.07, 6.45) is 5.32. The summed E-state index contributed by atoms with van der Waals surface area (Å²) in [7, 11) is 3.84. The van der Waals surface area contributed by atoms with Gasteiger partial charge in [0.25, 0.3) is 0 Å². The molecule has 1 unspecified atom stereocenters. The van der Waals surface area contributed by atoms with Gasteiger partial charge in [-0.1, -0.05) is 39.0 Å². The van der Waals surface area contributed by atoms with E-state index < -0.39 is 0 Å². The van der Waals surface area contributed by atoms with E-state index in [1.807, 2.05) is 6.07 Å². The molecule has 1 aliphatic rings. The summed E-state index contributed by atoms with van der Waals surface area (Å²) in [5.41, 5.74) is 1.76. The highest BCUT2D eigenvalue weighted by Gasteiger charge is 2.33. The number of hydrogen-bond donors (Lipinski definition) is 1. The first-order valence-electron chi connectivity index (χ1n) is 8.27. The number of ether oxygens (including phenoxy) is 1. The molecule has 1 aromatic carbocycles. The first-order valence-corrected chi connectivity index (χ1v) is 8.27. The molecule has 2 heteroatoms. The minimum absolute atomic E-state index is 0.405. The molecule has 2 rings (SSSR count). The van der Waals surface area contributed by atoms with E-state index >= 15 is 0 Å². The molecule has 0 aromatic heterocycles. The van der Waals surface area contributed by atoms with Crippen LogP contribution >= 0.6 is 0 Å². The average molecular weight is 289 g/mol. The van der Waals surface area contributed by atoms with Gasteiger partial charge in [0.15, 0.2) is 0 Å². The van der Waals surface area contributed by atoms with Crippen LogP contribution < -0.4 is 10.1 Å². The molecule has 0 amide bonds. The van der Waals surface area contributed by atoms with Gasteiger partial charge in [-0.15, -0.1) is 0 Å². The normalized spacial score (nSPS) is 24.6. The molecule has 0 saturated heterocycles. The lowest BCUT2D eigenvalue weighted by Crippen LogP contribution is -2.32. The van der Waals surface area contributed by atoms with Crippen LogP contribution in [0.5, 0.6) is 5.75 Å². The Labute approximate surface area is 130 Å². The van der Waals surface area contributed by atoms with E-state index in [0.29, 0.717) is 17.4 Å². The van der Waals surface area contributed by atoms with Crippen LogP contribution in [0.2, 0.25) is 0 Å². The summed E-state index contributed by atoms with van der Waals surface area (Å²) in [6.45, 7) is 7.15. The highest BCUT2D eigenvalue weighted by molar-refractivity contribution is 5.36. The Kier molecular flexibility index (Phi) is 5.32. The van der Waals surface area contributed by atoms with E-state index in [1.54, 1.807) is 7.11 Å². The molecular formula is C19H31NO. The Hall–Kier alpha value is -1.02. The summed E-state index contributed by atoms with van der Waals surface area (Å²) >= 11 is 0. The maximum atomic E-state index is 5.55. The van der Waals surface area contributed by atoms with Crippen LogP contribution in [-0.2, 0) is 0 Å². The Balaban J connectivity index is 2.10. The quantitative estimate of drug-likeness (QED) is 0.859. The predicted octanol–water partition coefficient (Wildman–Crippen LogP) is 4.81. The van der Waals surface area contributed by atoms with Crippen LogP contribution in [0.25, 0.3) is 0 Å². The van der Waals surface area contributed by atoms with Gasteiger partial charge < -0.3 is 10.1 Å². The molecule has 0 aliphatic heterocycles. The fraction of sp³-hybridized carbons (Fsp3) is 0.684. The second-order valence-electron chi connectivity index (χ2n) is 7.49. The highest BCUT2D eigenvalue weighted by atomic mass is 16.5. The van der Waals surface area contributed by atoms with E-state index in [9.17, 15) is 0 Å². The van der Waals surface area contributed by atoms with Crippen LogP contribution in [-0.4, -0.2) is 14.2 Å². The fourth-order valence-corrected chi connectivity index (χ4v) is 3.89. The monoisotopic (exact) mass is 289 g/mol. The van der Waals surface area contributed by atoms with Crippen molar-refractivity contribution in [1.82, 2.24) is 5.32 Å². The van der Waals surface area contributed by atoms with Crippen molar-refractivity contribution >= 4 is 0 Å². The van der Waals surface area contributed by atoms with Crippen molar-refractivity contribution in [3.63, 3.8) is 0 Å². The highest BCUT2D eigenvalue weighted by Crippen LogP contribution is 2.44. The zero-order valence-corrected chi connectivity index (χ0v) is 14.3. The van der Waals surface area contributed by atoms with Crippen LogP contribution in [0, 0.1) is 17.3 Å². The smallest absolute Gasteiger partial charge is 0.123 e. The number of methoxy groups -OCH3 is 1. The Bertz CT molecular complexity index is 441. The molecule has 0 radical (unpaired) electrons. The lowest BCUT2D eigenvalue weighted by atomic mass is 9.68. The molecule has 1 fully saturated rings. The molecule has 0 spiro atoms. The molecular weight excluding hydrogens is 258 g/mol. The molecule has 118 valence electrons. The van der Waals surface area contributed by atoms with Crippen molar-refractivity contribution in [1.29, 1.82) is 0 Å². The van der Waals surface area contributed by atoms with E-state index in [1.165, 1.54) is 31.2 Å². The molecule has 1 aliphatic carbocycles. The summed E-state index contributed by atoms with van der Waals surface area (Å²) in [5.74, 6) is 2.59. The molecule has 1 atom stereocenters. The predicted molar refractivity (Wildman–Crippen MR) is 89.7 cm³/mol. The first-order chi connectivity index (χ1) is 9.97. The average Bonchev–Trinajstić information content (AvgIpc) is 2.48. The Morgan fingerprint density at radius 1 is 1.10 bits per heavy atom. The second kappa shape index (κ2) is 6.83. The molecule has 1 saturated carbocycles. The Morgan fingerprint density at radius 2 is 1.71 bits per heavy atom. The largest absolute Gasteiger partial charge is 0.496 e. The number of hydrogen-bond acceptors (Lipinski definition) is 2. The summed E-state index contributed by atoms with van der Waals surface area (Å²) in [5, 5.41) is 3.54.